The van der Waals surface area contributed by atoms with E-state index in [1.54, 1.807) is 0 Å². The summed E-state index contributed by atoms with van der Waals surface area (Å²) in [6.45, 7) is 6.02. The van der Waals surface area contributed by atoms with Crippen molar-refractivity contribution in [2.45, 2.75) is 13.5 Å². The van der Waals surface area contributed by atoms with Crippen molar-refractivity contribution in [2.24, 2.45) is 0 Å². The van der Waals surface area contributed by atoms with Gasteiger partial charge in [0.15, 0.2) is 0 Å². The van der Waals surface area contributed by atoms with Crippen LogP contribution >= 0.6 is 0 Å². The second kappa shape index (κ2) is 8.55. The molecule has 3 rings (SSSR count). The minimum Gasteiger partial charge on any atom is -0.311 e. The van der Waals surface area contributed by atoms with E-state index < -0.39 is 0 Å². The van der Waals surface area contributed by atoms with Gasteiger partial charge in [-0.1, -0.05) is 25.1 Å². The summed E-state index contributed by atoms with van der Waals surface area (Å²) >= 11 is 0. The van der Waals surface area contributed by atoms with Crippen molar-refractivity contribution in [2.75, 3.05) is 26.7 Å². The Hall–Kier alpha value is -2.50. The van der Waals surface area contributed by atoms with Crippen LogP contribution in [0.4, 0.5) is 0 Å². The van der Waals surface area contributed by atoms with Gasteiger partial charge in [-0.3, -0.25) is 4.98 Å². The molecule has 0 aliphatic carbocycles. The lowest BCUT2D eigenvalue weighted by molar-refractivity contribution is 0.349. The summed E-state index contributed by atoms with van der Waals surface area (Å²) in [4.78, 5) is 6.41. The number of likely N-dealkylation sites (N-methyl/N-ethyl adjacent to an activating group) is 1. The molecule has 0 amide bonds. The molecule has 0 atom stereocenters. The lowest BCUT2D eigenvalue weighted by Gasteiger charge is -2.13. The summed E-state index contributed by atoms with van der Waals surface area (Å²) in [5.41, 5.74) is 4.35. The van der Waals surface area contributed by atoms with E-state index in [1.807, 2.05) is 47.4 Å². The van der Waals surface area contributed by atoms with Gasteiger partial charge >= 0.3 is 0 Å². The van der Waals surface area contributed by atoms with E-state index in [9.17, 15) is 0 Å². The first-order valence-corrected chi connectivity index (χ1v) is 8.71. The maximum absolute atomic E-state index is 4.82. The number of nitrogens with zero attached hydrogens (tertiary/aromatic N) is 4. The molecule has 0 bridgehead atoms. The SMILES string of the molecule is CCN(C)CCNCc1cn(-c2ccccc2)nc1-c1ccncc1. The Labute approximate surface area is 149 Å². The number of para-hydroxylation sites is 1. The fourth-order valence-electron chi connectivity index (χ4n) is 2.66. The van der Waals surface area contributed by atoms with E-state index in [-0.39, 0.29) is 0 Å². The zero-order chi connectivity index (χ0) is 17.5. The zero-order valence-corrected chi connectivity index (χ0v) is 14.9. The maximum atomic E-state index is 4.82. The fraction of sp³-hybridized carbons (Fsp3) is 0.300. The summed E-state index contributed by atoms with van der Waals surface area (Å²) in [6.07, 6.45) is 5.73. The van der Waals surface area contributed by atoms with Crippen LogP contribution in [0.1, 0.15) is 12.5 Å². The molecule has 0 saturated carbocycles. The van der Waals surface area contributed by atoms with E-state index >= 15 is 0 Å². The van der Waals surface area contributed by atoms with Crippen LogP contribution < -0.4 is 5.32 Å². The van der Waals surface area contributed by atoms with E-state index in [0.717, 1.165) is 43.1 Å². The Morgan fingerprint density at radius 1 is 1.08 bits per heavy atom. The van der Waals surface area contributed by atoms with Crippen molar-refractivity contribution < 1.29 is 0 Å². The highest BCUT2D eigenvalue weighted by molar-refractivity contribution is 5.62. The first-order valence-electron chi connectivity index (χ1n) is 8.71. The Morgan fingerprint density at radius 2 is 1.84 bits per heavy atom. The monoisotopic (exact) mass is 335 g/mol. The van der Waals surface area contributed by atoms with Crippen LogP contribution in [0.15, 0.2) is 61.1 Å². The number of pyridine rings is 1. The minimum atomic E-state index is 0.794. The van der Waals surface area contributed by atoms with Crippen molar-refractivity contribution >= 4 is 0 Å². The van der Waals surface area contributed by atoms with Gasteiger partial charge in [0, 0.05) is 49.4 Å². The van der Waals surface area contributed by atoms with Crippen molar-refractivity contribution in [1.82, 2.24) is 25.0 Å². The molecule has 0 radical (unpaired) electrons. The van der Waals surface area contributed by atoms with Crippen molar-refractivity contribution in [3.05, 3.63) is 66.6 Å². The molecule has 2 aromatic heterocycles. The molecule has 5 nitrogen and oxygen atoms in total. The second-order valence-corrected chi connectivity index (χ2v) is 6.09. The third-order valence-electron chi connectivity index (χ3n) is 4.29. The highest BCUT2D eigenvalue weighted by Gasteiger charge is 2.12. The Kier molecular flexibility index (Phi) is 5.93. The average molecular weight is 335 g/mol. The van der Waals surface area contributed by atoms with Crippen molar-refractivity contribution in [3.63, 3.8) is 0 Å². The van der Waals surface area contributed by atoms with Gasteiger partial charge in [0.05, 0.1) is 11.4 Å². The Bertz CT molecular complexity index is 767. The van der Waals surface area contributed by atoms with Crippen molar-refractivity contribution in [1.29, 1.82) is 0 Å². The van der Waals surface area contributed by atoms with Crippen LogP contribution in [-0.4, -0.2) is 46.3 Å². The van der Waals surface area contributed by atoms with Crippen LogP contribution in [0, 0.1) is 0 Å². The lowest BCUT2D eigenvalue weighted by Crippen LogP contribution is -2.28. The molecule has 25 heavy (non-hydrogen) atoms. The van der Waals surface area contributed by atoms with E-state index in [1.165, 1.54) is 5.56 Å². The van der Waals surface area contributed by atoms with E-state index in [0.29, 0.717) is 0 Å². The molecule has 130 valence electrons. The van der Waals surface area contributed by atoms with Crippen LogP contribution in [0.5, 0.6) is 0 Å². The van der Waals surface area contributed by atoms with Gasteiger partial charge in [-0.2, -0.15) is 5.10 Å². The molecule has 0 saturated heterocycles. The highest BCUT2D eigenvalue weighted by Crippen LogP contribution is 2.23. The smallest absolute Gasteiger partial charge is 0.0973 e. The highest BCUT2D eigenvalue weighted by atomic mass is 15.3. The third-order valence-corrected chi connectivity index (χ3v) is 4.29. The third kappa shape index (κ3) is 4.53. The van der Waals surface area contributed by atoms with Gasteiger partial charge in [-0.05, 0) is 37.9 Å². The summed E-state index contributed by atoms with van der Waals surface area (Å²) in [5.74, 6) is 0. The van der Waals surface area contributed by atoms with Gasteiger partial charge in [0.2, 0.25) is 0 Å². The molecule has 0 spiro atoms. The summed E-state index contributed by atoms with van der Waals surface area (Å²) in [7, 11) is 2.14. The van der Waals surface area contributed by atoms with E-state index in [4.69, 9.17) is 5.10 Å². The first kappa shape index (κ1) is 17.3. The molecular formula is C20H25N5. The predicted octanol–water partition coefficient (Wildman–Crippen LogP) is 2.98. The summed E-state index contributed by atoms with van der Waals surface area (Å²) < 4.78 is 1.95. The minimum absolute atomic E-state index is 0.794. The zero-order valence-electron chi connectivity index (χ0n) is 14.9. The van der Waals surface area contributed by atoms with Gasteiger partial charge in [0.25, 0.3) is 0 Å². The summed E-state index contributed by atoms with van der Waals surface area (Å²) in [5, 5.41) is 8.35. The largest absolute Gasteiger partial charge is 0.311 e. The molecular weight excluding hydrogens is 310 g/mol. The molecule has 3 aromatic rings. The number of hydrogen-bond acceptors (Lipinski definition) is 4. The predicted molar refractivity (Wildman–Crippen MR) is 102 cm³/mol. The van der Waals surface area contributed by atoms with Crippen LogP contribution in [0.25, 0.3) is 16.9 Å². The van der Waals surface area contributed by atoms with Crippen LogP contribution in [0.2, 0.25) is 0 Å². The number of aromatic nitrogens is 3. The quantitative estimate of drug-likeness (QED) is 0.643. The molecule has 1 N–H and O–H groups in total. The molecule has 0 unspecified atom stereocenters. The molecule has 0 fully saturated rings. The number of rotatable bonds is 8. The first-order chi connectivity index (χ1) is 12.3. The molecule has 1 aromatic carbocycles. The van der Waals surface area contributed by atoms with Gasteiger partial charge in [0.1, 0.15) is 0 Å². The number of benzene rings is 1. The Balaban J connectivity index is 1.81. The molecule has 5 heteroatoms. The van der Waals surface area contributed by atoms with Gasteiger partial charge in [-0.25, -0.2) is 4.68 Å². The van der Waals surface area contributed by atoms with E-state index in [2.05, 4.69) is 47.5 Å². The Morgan fingerprint density at radius 3 is 2.56 bits per heavy atom. The standard InChI is InChI=1S/C20H25N5/c1-3-24(2)14-13-22-15-18-16-25(19-7-5-4-6-8-19)23-20(18)17-9-11-21-12-10-17/h4-12,16,22H,3,13-15H2,1-2H3. The van der Waals surface area contributed by atoms with Crippen LogP contribution in [0.3, 0.4) is 0 Å². The molecule has 0 aliphatic rings. The lowest BCUT2D eigenvalue weighted by atomic mass is 10.1. The molecule has 2 heterocycles. The number of hydrogen-bond donors (Lipinski definition) is 1. The van der Waals surface area contributed by atoms with Gasteiger partial charge in [-0.15, -0.1) is 0 Å². The van der Waals surface area contributed by atoms with Crippen LogP contribution in [-0.2, 0) is 6.54 Å². The normalized spacial score (nSPS) is 11.2. The average Bonchev–Trinajstić information content (AvgIpc) is 3.10. The molecule has 0 aliphatic heterocycles. The summed E-state index contributed by atoms with van der Waals surface area (Å²) in [6, 6.07) is 14.2. The topological polar surface area (TPSA) is 46.0 Å². The number of nitrogens with one attached hydrogen (secondary N) is 1. The second-order valence-electron chi connectivity index (χ2n) is 6.09. The fourth-order valence-corrected chi connectivity index (χ4v) is 2.66. The maximum Gasteiger partial charge on any atom is 0.0973 e. The van der Waals surface area contributed by atoms with Crippen molar-refractivity contribution in [3.8, 4) is 16.9 Å². The van der Waals surface area contributed by atoms with Gasteiger partial charge < -0.3 is 10.2 Å².